The standard InChI is InChI=1S/C11H18N4O/c1-9(15-7-5-12-6-8-15)10-3-4-13-11(14-10)16-2/h3-4,9,12H,5-8H2,1-2H3. The van der Waals surface area contributed by atoms with E-state index < -0.39 is 0 Å². The summed E-state index contributed by atoms with van der Waals surface area (Å²) in [4.78, 5) is 10.8. The van der Waals surface area contributed by atoms with Gasteiger partial charge < -0.3 is 10.1 Å². The van der Waals surface area contributed by atoms with Crippen molar-refractivity contribution in [3.05, 3.63) is 18.0 Å². The largest absolute Gasteiger partial charge is 0.467 e. The van der Waals surface area contributed by atoms with Gasteiger partial charge in [-0.05, 0) is 13.0 Å². The van der Waals surface area contributed by atoms with E-state index in [0.29, 0.717) is 12.1 Å². The molecule has 0 bridgehead atoms. The summed E-state index contributed by atoms with van der Waals surface area (Å²) in [6.45, 7) is 6.40. The first kappa shape index (κ1) is 11.3. The normalized spacial score (nSPS) is 19.4. The van der Waals surface area contributed by atoms with Crippen LogP contribution in [0.3, 0.4) is 0 Å². The Hall–Kier alpha value is -1.20. The van der Waals surface area contributed by atoms with Crippen LogP contribution in [0.5, 0.6) is 6.01 Å². The molecule has 1 atom stereocenters. The van der Waals surface area contributed by atoms with Gasteiger partial charge in [0.15, 0.2) is 0 Å². The average molecular weight is 222 g/mol. The number of piperazine rings is 1. The second-order valence-corrected chi connectivity index (χ2v) is 3.93. The topological polar surface area (TPSA) is 50.3 Å². The first-order valence-corrected chi connectivity index (χ1v) is 5.63. The summed E-state index contributed by atoms with van der Waals surface area (Å²) in [5.41, 5.74) is 1.02. The number of hydrogen-bond donors (Lipinski definition) is 1. The summed E-state index contributed by atoms with van der Waals surface area (Å²) < 4.78 is 5.04. The van der Waals surface area contributed by atoms with Crippen molar-refractivity contribution in [1.29, 1.82) is 0 Å². The van der Waals surface area contributed by atoms with E-state index in [-0.39, 0.29) is 0 Å². The molecule has 1 unspecified atom stereocenters. The average Bonchev–Trinajstić information content (AvgIpc) is 2.39. The van der Waals surface area contributed by atoms with Crippen molar-refractivity contribution in [3.63, 3.8) is 0 Å². The Bertz CT molecular complexity index is 339. The van der Waals surface area contributed by atoms with Gasteiger partial charge in [0, 0.05) is 38.4 Å². The Morgan fingerprint density at radius 3 is 2.88 bits per heavy atom. The number of nitrogens with zero attached hydrogens (tertiary/aromatic N) is 3. The minimum absolute atomic E-state index is 0.319. The van der Waals surface area contributed by atoms with Crippen LogP contribution in [0.1, 0.15) is 18.7 Å². The Morgan fingerprint density at radius 1 is 1.44 bits per heavy atom. The first-order valence-electron chi connectivity index (χ1n) is 5.63. The van der Waals surface area contributed by atoms with Crippen LogP contribution in [0.4, 0.5) is 0 Å². The summed E-state index contributed by atoms with van der Waals surface area (Å²) in [6.07, 6.45) is 1.75. The van der Waals surface area contributed by atoms with Crippen LogP contribution in [0.2, 0.25) is 0 Å². The number of methoxy groups -OCH3 is 1. The molecule has 0 radical (unpaired) electrons. The van der Waals surface area contributed by atoms with E-state index in [0.717, 1.165) is 31.9 Å². The zero-order valence-corrected chi connectivity index (χ0v) is 9.81. The maximum absolute atomic E-state index is 5.04. The summed E-state index contributed by atoms with van der Waals surface area (Å²) in [5.74, 6) is 0. The fraction of sp³-hybridized carbons (Fsp3) is 0.636. The second-order valence-electron chi connectivity index (χ2n) is 3.93. The number of hydrogen-bond acceptors (Lipinski definition) is 5. The van der Waals surface area contributed by atoms with Crippen molar-refractivity contribution in [2.24, 2.45) is 0 Å². The van der Waals surface area contributed by atoms with Crippen molar-refractivity contribution in [2.45, 2.75) is 13.0 Å². The van der Waals surface area contributed by atoms with E-state index in [1.165, 1.54) is 0 Å². The third-order valence-corrected chi connectivity index (χ3v) is 2.96. The maximum Gasteiger partial charge on any atom is 0.316 e. The lowest BCUT2D eigenvalue weighted by atomic mass is 10.2. The van der Waals surface area contributed by atoms with Gasteiger partial charge in [0.1, 0.15) is 0 Å². The molecule has 0 amide bonds. The van der Waals surface area contributed by atoms with Gasteiger partial charge in [-0.15, -0.1) is 0 Å². The predicted octanol–water partition coefficient (Wildman–Crippen LogP) is 0.451. The monoisotopic (exact) mass is 222 g/mol. The number of rotatable bonds is 3. The lowest BCUT2D eigenvalue weighted by molar-refractivity contribution is 0.181. The highest BCUT2D eigenvalue weighted by atomic mass is 16.5. The number of nitrogens with one attached hydrogen (secondary N) is 1. The molecule has 5 heteroatoms. The Balaban J connectivity index is 2.09. The van der Waals surface area contributed by atoms with Crippen LogP contribution in [-0.4, -0.2) is 48.2 Å². The Morgan fingerprint density at radius 2 is 2.19 bits per heavy atom. The van der Waals surface area contributed by atoms with Crippen LogP contribution in [0.15, 0.2) is 12.3 Å². The molecule has 0 spiro atoms. The van der Waals surface area contributed by atoms with Crippen molar-refractivity contribution in [3.8, 4) is 6.01 Å². The van der Waals surface area contributed by atoms with Gasteiger partial charge in [0.25, 0.3) is 0 Å². The smallest absolute Gasteiger partial charge is 0.316 e. The number of aromatic nitrogens is 2. The second kappa shape index (κ2) is 5.23. The molecule has 1 N–H and O–H groups in total. The van der Waals surface area contributed by atoms with E-state index in [9.17, 15) is 0 Å². The molecular weight excluding hydrogens is 204 g/mol. The van der Waals surface area contributed by atoms with Gasteiger partial charge in [-0.2, -0.15) is 4.98 Å². The maximum atomic E-state index is 5.04. The molecule has 0 aliphatic carbocycles. The molecular formula is C11H18N4O. The molecule has 0 aromatic carbocycles. The predicted molar refractivity (Wildman–Crippen MR) is 61.4 cm³/mol. The van der Waals surface area contributed by atoms with Crippen molar-refractivity contribution in [1.82, 2.24) is 20.2 Å². The molecule has 1 aromatic heterocycles. The highest BCUT2D eigenvalue weighted by molar-refractivity contribution is 5.09. The van der Waals surface area contributed by atoms with E-state index in [1.807, 2.05) is 6.07 Å². The summed E-state index contributed by atoms with van der Waals surface area (Å²) >= 11 is 0. The molecule has 88 valence electrons. The number of ether oxygens (including phenoxy) is 1. The van der Waals surface area contributed by atoms with E-state index in [2.05, 4.69) is 27.1 Å². The van der Waals surface area contributed by atoms with Crippen molar-refractivity contribution in [2.75, 3.05) is 33.3 Å². The van der Waals surface area contributed by atoms with Crippen LogP contribution >= 0.6 is 0 Å². The van der Waals surface area contributed by atoms with E-state index >= 15 is 0 Å². The van der Waals surface area contributed by atoms with Gasteiger partial charge in [-0.25, -0.2) is 4.98 Å². The van der Waals surface area contributed by atoms with Crippen LogP contribution in [0, 0.1) is 0 Å². The third kappa shape index (κ3) is 2.48. The Labute approximate surface area is 95.8 Å². The van der Waals surface area contributed by atoms with Crippen LogP contribution in [0.25, 0.3) is 0 Å². The molecule has 1 aliphatic rings. The zero-order valence-electron chi connectivity index (χ0n) is 9.81. The molecule has 2 rings (SSSR count). The quantitative estimate of drug-likeness (QED) is 0.804. The minimum atomic E-state index is 0.319. The molecule has 0 saturated carbocycles. The summed E-state index contributed by atoms with van der Waals surface area (Å²) in [7, 11) is 1.59. The molecule has 1 aliphatic heterocycles. The van der Waals surface area contributed by atoms with Crippen LogP contribution < -0.4 is 10.1 Å². The third-order valence-electron chi connectivity index (χ3n) is 2.96. The lowest BCUT2D eigenvalue weighted by Crippen LogP contribution is -2.44. The van der Waals surface area contributed by atoms with Crippen LogP contribution in [-0.2, 0) is 0 Å². The molecule has 1 aromatic rings. The van der Waals surface area contributed by atoms with E-state index in [4.69, 9.17) is 4.74 Å². The van der Waals surface area contributed by atoms with Gasteiger partial charge in [0.05, 0.1) is 12.8 Å². The fourth-order valence-corrected chi connectivity index (χ4v) is 1.94. The minimum Gasteiger partial charge on any atom is -0.467 e. The highest BCUT2D eigenvalue weighted by Gasteiger charge is 2.19. The van der Waals surface area contributed by atoms with E-state index in [1.54, 1.807) is 13.3 Å². The molecule has 2 heterocycles. The van der Waals surface area contributed by atoms with Gasteiger partial charge in [0.2, 0.25) is 0 Å². The van der Waals surface area contributed by atoms with Gasteiger partial charge >= 0.3 is 6.01 Å². The SMILES string of the molecule is COc1nccc(C(C)N2CCNCC2)n1. The molecule has 1 fully saturated rings. The highest BCUT2D eigenvalue weighted by Crippen LogP contribution is 2.19. The molecule has 1 saturated heterocycles. The van der Waals surface area contributed by atoms with Crippen molar-refractivity contribution >= 4 is 0 Å². The fourth-order valence-electron chi connectivity index (χ4n) is 1.94. The molecule has 16 heavy (non-hydrogen) atoms. The summed E-state index contributed by atoms with van der Waals surface area (Å²) in [5, 5.41) is 3.34. The van der Waals surface area contributed by atoms with Gasteiger partial charge in [-0.3, -0.25) is 4.90 Å². The van der Waals surface area contributed by atoms with Crippen molar-refractivity contribution < 1.29 is 4.74 Å². The van der Waals surface area contributed by atoms with Gasteiger partial charge in [-0.1, -0.05) is 0 Å². The summed E-state index contributed by atoms with van der Waals surface area (Å²) in [6, 6.07) is 2.72. The molecule has 5 nitrogen and oxygen atoms in total. The Kier molecular flexibility index (Phi) is 3.69. The first-order chi connectivity index (χ1) is 7.81. The zero-order chi connectivity index (χ0) is 11.4. The lowest BCUT2D eigenvalue weighted by Gasteiger charge is -2.32.